The summed E-state index contributed by atoms with van der Waals surface area (Å²) in [5.74, 6) is -0.991. The first kappa shape index (κ1) is 18.8. The summed E-state index contributed by atoms with van der Waals surface area (Å²) < 4.78 is 33.3. The SMILES string of the molecule is CCS(=O)(=O)N(CC(=O)OC)c1c(C)n(C)n(-c2ccccc2)c1=O. The van der Waals surface area contributed by atoms with Crippen LogP contribution in [0.5, 0.6) is 0 Å². The average molecular weight is 367 g/mol. The number of benzene rings is 1. The Bertz CT molecular complexity index is 929. The lowest BCUT2D eigenvalue weighted by Gasteiger charge is -2.21. The van der Waals surface area contributed by atoms with E-state index in [1.54, 1.807) is 42.9 Å². The normalized spacial score (nSPS) is 11.4. The van der Waals surface area contributed by atoms with E-state index in [1.807, 2.05) is 6.07 Å². The van der Waals surface area contributed by atoms with Crippen LogP contribution in [0, 0.1) is 6.92 Å². The van der Waals surface area contributed by atoms with Gasteiger partial charge in [-0.25, -0.2) is 13.1 Å². The Balaban J connectivity index is 2.72. The number of anilines is 1. The molecule has 0 saturated carbocycles. The molecule has 0 radical (unpaired) electrons. The van der Waals surface area contributed by atoms with Crippen molar-refractivity contribution in [1.29, 1.82) is 0 Å². The van der Waals surface area contributed by atoms with E-state index < -0.39 is 28.1 Å². The number of hydrogen-bond donors (Lipinski definition) is 0. The van der Waals surface area contributed by atoms with E-state index in [1.165, 1.54) is 18.7 Å². The van der Waals surface area contributed by atoms with Crippen molar-refractivity contribution in [2.45, 2.75) is 13.8 Å². The number of carbonyl (C=O) groups is 1. The molecule has 0 amide bonds. The highest BCUT2D eigenvalue weighted by Crippen LogP contribution is 2.21. The number of esters is 1. The molecule has 1 heterocycles. The maximum Gasteiger partial charge on any atom is 0.326 e. The molecule has 0 bridgehead atoms. The number of rotatable bonds is 6. The molecule has 1 aromatic carbocycles. The third-order valence-corrected chi connectivity index (χ3v) is 5.69. The summed E-state index contributed by atoms with van der Waals surface area (Å²) in [6.45, 7) is 2.53. The summed E-state index contributed by atoms with van der Waals surface area (Å²) in [5.41, 5.74) is 0.441. The molecular formula is C16H21N3O5S. The minimum atomic E-state index is -3.84. The summed E-state index contributed by atoms with van der Waals surface area (Å²) >= 11 is 0. The van der Waals surface area contributed by atoms with Crippen molar-refractivity contribution in [1.82, 2.24) is 9.36 Å². The van der Waals surface area contributed by atoms with Gasteiger partial charge in [-0.2, -0.15) is 0 Å². The minimum absolute atomic E-state index is 0.0568. The molecule has 9 heteroatoms. The van der Waals surface area contributed by atoms with Crippen molar-refractivity contribution in [3.63, 3.8) is 0 Å². The first-order valence-corrected chi connectivity index (χ1v) is 9.26. The lowest BCUT2D eigenvalue weighted by Crippen LogP contribution is -2.40. The second-order valence-electron chi connectivity index (χ2n) is 5.39. The van der Waals surface area contributed by atoms with Crippen LogP contribution in [0.2, 0.25) is 0 Å². The van der Waals surface area contributed by atoms with Gasteiger partial charge in [0, 0.05) is 7.05 Å². The Hall–Kier alpha value is -2.55. The highest BCUT2D eigenvalue weighted by molar-refractivity contribution is 7.92. The molecule has 0 fully saturated rings. The van der Waals surface area contributed by atoms with Crippen molar-refractivity contribution in [3.8, 4) is 5.69 Å². The first-order chi connectivity index (χ1) is 11.7. The predicted octanol–water partition coefficient (Wildman–Crippen LogP) is 0.814. The van der Waals surface area contributed by atoms with E-state index >= 15 is 0 Å². The summed E-state index contributed by atoms with van der Waals surface area (Å²) in [6.07, 6.45) is 0. The van der Waals surface area contributed by atoms with Crippen LogP contribution in [0.25, 0.3) is 5.69 Å². The van der Waals surface area contributed by atoms with E-state index in [-0.39, 0.29) is 11.4 Å². The topological polar surface area (TPSA) is 90.6 Å². The van der Waals surface area contributed by atoms with E-state index in [4.69, 9.17) is 0 Å². The largest absolute Gasteiger partial charge is 0.468 e. The Kier molecular flexibility index (Phi) is 5.36. The Morgan fingerprint density at radius 3 is 2.36 bits per heavy atom. The number of hydrogen-bond acceptors (Lipinski definition) is 5. The van der Waals surface area contributed by atoms with Gasteiger partial charge in [-0.15, -0.1) is 0 Å². The molecule has 2 rings (SSSR count). The molecule has 8 nitrogen and oxygen atoms in total. The van der Waals surface area contributed by atoms with Crippen LogP contribution < -0.4 is 9.86 Å². The fourth-order valence-electron chi connectivity index (χ4n) is 2.50. The quantitative estimate of drug-likeness (QED) is 0.705. The zero-order valence-corrected chi connectivity index (χ0v) is 15.4. The fourth-order valence-corrected chi connectivity index (χ4v) is 3.60. The molecule has 0 atom stereocenters. The second-order valence-corrected chi connectivity index (χ2v) is 7.58. The molecule has 0 aliphatic rings. The van der Waals surface area contributed by atoms with Crippen LogP contribution in [0.15, 0.2) is 35.1 Å². The third-order valence-electron chi connectivity index (χ3n) is 3.97. The average Bonchev–Trinajstić information content (AvgIpc) is 2.82. The third kappa shape index (κ3) is 3.46. The van der Waals surface area contributed by atoms with Gasteiger partial charge in [0.2, 0.25) is 10.0 Å². The number of para-hydroxylation sites is 1. The molecule has 1 aromatic heterocycles. The Labute approximate surface area is 146 Å². The number of sulfonamides is 1. The monoisotopic (exact) mass is 367 g/mol. The van der Waals surface area contributed by atoms with Crippen molar-refractivity contribution in [2.75, 3.05) is 23.7 Å². The number of carbonyl (C=O) groups excluding carboxylic acids is 1. The number of ether oxygens (including phenoxy) is 1. The van der Waals surface area contributed by atoms with E-state index in [0.717, 1.165) is 4.31 Å². The van der Waals surface area contributed by atoms with Crippen LogP contribution in [-0.4, -0.2) is 43.2 Å². The zero-order valence-electron chi connectivity index (χ0n) is 14.6. The summed E-state index contributed by atoms with van der Waals surface area (Å²) in [6, 6.07) is 8.85. The second kappa shape index (κ2) is 7.14. The standard InChI is InChI=1S/C16H21N3O5S/c1-5-25(22,23)18(11-14(20)24-4)15-12(2)17(3)19(16(15)21)13-9-7-6-8-10-13/h6-10H,5,11H2,1-4H3. The highest BCUT2D eigenvalue weighted by Gasteiger charge is 2.31. The zero-order chi connectivity index (χ0) is 18.8. The van der Waals surface area contributed by atoms with Gasteiger partial charge in [0.05, 0.1) is 24.2 Å². The predicted molar refractivity (Wildman–Crippen MR) is 94.6 cm³/mol. The van der Waals surface area contributed by atoms with Gasteiger partial charge in [0.15, 0.2) is 0 Å². The number of nitrogens with zero attached hydrogens (tertiary/aromatic N) is 3. The van der Waals surface area contributed by atoms with Crippen molar-refractivity contribution >= 4 is 21.7 Å². The van der Waals surface area contributed by atoms with Gasteiger partial charge in [0.25, 0.3) is 5.56 Å². The molecule has 0 spiro atoms. The van der Waals surface area contributed by atoms with Gasteiger partial charge >= 0.3 is 5.97 Å². The van der Waals surface area contributed by atoms with Gasteiger partial charge in [0.1, 0.15) is 12.2 Å². The lowest BCUT2D eigenvalue weighted by atomic mass is 10.3. The number of aromatic nitrogens is 2. The first-order valence-electron chi connectivity index (χ1n) is 7.65. The van der Waals surface area contributed by atoms with Crippen LogP contribution in [0.3, 0.4) is 0 Å². The molecule has 0 unspecified atom stereocenters. The lowest BCUT2D eigenvalue weighted by molar-refractivity contribution is -0.138. The Morgan fingerprint density at radius 2 is 1.84 bits per heavy atom. The number of methoxy groups -OCH3 is 1. The molecule has 0 aliphatic carbocycles. The van der Waals surface area contributed by atoms with Crippen molar-refractivity contribution in [2.24, 2.45) is 7.05 Å². The van der Waals surface area contributed by atoms with Crippen LogP contribution in [0.4, 0.5) is 5.69 Å². The summed E-state index contributed by atoms with van der Waals surface area (Å²) in [4.78, 5) is 24.7. The smallest absolute Gasteiger partial charge is 0.326 e. The molecule has 25 heavy (non-hydrogen) atoms. The van der Waals surface area contributed by atoms with Gasteiger partial charge in [-0.1, -0.05) is 18.2 Å². The molecule has 0 saturated heterocycles. The molecule has 136 valence electrons. The maximum atomic E-state index is 13.0. The van der Waals surface area contributed by atoms with Crippen LogP contribution in [0.1, 0.15) is 12.6 Å². The van der Waals surface area contributed by atoms with Gasteiger partial charge in [-0.3, -0.25) is 18.6 Å². The molecule has 0 aliphatic heterocycles. The van der Waals surface area contributed by atoms with Gasteiger partial charge in [-0.05, 0) is 26.0 Å². The van der Waals surface area contributed by atoms with E-state index in [2.05, 4.69) is 4.74 Å². The fraction of sp³-hybridized carbons (Fsp3) is 0.375. The van der Waals surface area contributed by atoms with Crippen molar-refractivity contribution < 1.29 is 17.9 Å². The molecule has 2 aromatic rings. The molecule has 0 N–H and O–H groups in total. The summed E-state index contributed by atoms with van der Waals surface area (Å²) in [7, 11) is -1.02. The van der Waals surface area contributed by atoms with Crippen LogP contribution in [-0.2, 0) is 26.6 Å². The van der Waals surface area contributed by atoms with Crippen molar-refractivity contribution in [3.05, 3.63) is 46.4 Å². The highest BCUT2D eigenvalue weighted by atomic mass is 32.2. The Morgan fingerprint density at radius 1 is 1.24 bits per heavy atom. The van der Waals surface area contributed by atoms with Crippen LogP contribution >= 0.6 is 0 Å². The maximum absolute atomic E-state index is 13.0. The summed E-state index contributed by atoms with van der Waals surface area (Å²) in [5, 5.41) is 0. The molecular weight excluding hydrogens is 346 g/mol. The van der Waals surface area contributed by atoms with E-state index in [0.29, 0.717) is 11.4 Å². The van der Waals surface area contributed by atoms with E-state index in [9.17, 15) is 18.0 Å². The minimum Gasteiger partial charge on any atom is -0.468 e. The van der Waals surface area contributed by atoms with Gasteiger partial charge < -0.3 is 4.74 Å².